The van der Waals surface area contributed by atoms with Crippen LogP contribution in [0, 0.1) is 13.8 Å². The summed E-state index contributed by atoms with van der Waals surface area (Å²) >= 11 is 0. The number of benzene rings is 1. The molecule has 9 heteroatoms. The maximum absolute atomic E-state index is 13.3. The lowest BCUT2D eigenvalue weighted by Crippen LogP contribution is -2.38. The number of nitrogens with one attached hydrogen (secondary N) is 1. The number of halogens is 3. The van der Waals surface area contributed by atoms with Crippen LogP contribution in [0.25, 0.3) is 0 Å². The quantitative estimate of drug-likeness (QED) is 0.533. The molecule has 0 aliphatic carbocycles. The minimum Gasteiger partial charge on any atom is -0.467 e. The van der Waals surface area contributed by atoms with Crippen LogP contribution in [0.4, 0.5) is 13.2 Å². The molecule has 1 saturated heterocycles. The second-order valence-corrected chi connectivity index (χ2v) is 8.54. The summed E-state index contributed by atoms with van der Waals surface area (Å²) in [5.74, 6) is 0.263. The average molecular weight is 473 g/mol. The first-order valence-electron chi connectivity index (χ1n) is 11.1. The molecule has 0 bridgehead atoms. The van der Waals surface area contributed by atoms with Crippen LogP contribution in [0.5, 0.6) is 0 Å². The molecule has 3 aromatic rings. The van der Waals surface area contributed by atoms with Crippen molar-refractivity contribution >= 4 is 11.8 Å². The summed E-state index contributed by atoms with van der Waals surface area (Å²) in [6, 6.07) is 9.48. The molecule has 4 rings (SSSR count). The predicted molar refractivity (Wildman–Crippen MR) is 119 cm³/mol. The monoisotopic (exact) mass is 473 g/mol. The second kappa shape index (κ2) is 9.40. The molecule has 1 aliphatic rings. The Balaban J connectivity index is 1.61. The van der Waals surface area contributed by atoms with Gasteiger partial charge in [0, 0.05) is 30.9 Å². The van der Waals surface area contributed by atoms with Gasteiger partial charge in [-0.2, -0.15) is 13.2 Å². The summed E-state index contributed by atoms with van der Waals surface area (Å²) in [7, 11) is 0. The van der Waals surface area contributed by atoms with Crippen molar-refractivity contribution in [3.8, 4) is 0 Å². The standard InChI is InChI=1S/C25H26F3N3O3/c1-16-12-21(17(2)31(16)14-20-8-5-11-34-20)24(33)29-22(15-30-10-4-9-23(30)32)18-6-3-7-19(13-18)25(26,27)28/h3,5-8,11-13,22H,4,9-10,14-15H2,1-2H3,(H,29,33). The van der Waals surface area contributed by atoms with E-state index in [4.69, 9.17) is 4.42 Å². The smallest absolute Gasteiger partial charge is 0.416 e. The van der Waals surface area contributed by atoms with E-state index in [1.807, 2.05) is 24.5 Å². The van der Waals surface area contributed by atoms with Gasteiger partial charge in [-0.15, -0.1) is 0 Å². The molecule has 0 saturated carbocycles. The molecule has 1 aromatic carbocycles. The highest BCUT2D eigenvalue weighted by Crippen LogP contribution is 2.31. The van der Waals surface area contributed by atoms with Gasteiger partial charge in [0.25, 0.3) is 5.91 Å². The van der Waals surface area contributed by atoms with Gasteiger partial charge in [-0.1, -0.05) is 12.1 Å². The van der Waals surface area contributed by atoms with Crippen molar-refractivity contribution in [1.29, 1.82) is 0 Å². The zero-order valence-electron chi connectivity index (χ0n) is 19.0. The highest BCUT2D eigenvalue weighted by atomic mass is 19.4. The van der Waals surface area contributed by atoms with Crippen LogP contribution in [-0.2, 0) is 17.5 Å². The number of hydrogen-bond acceptors (Lipinski definition) is 3. The third kappa shape index (κ3) is 5.03. The number of nitrogens with zero attached hydrogens (tertiary/aromatic N) is 2. The number of aromatic nitrogens is 1. The summed E-state index contributed by atoms with van der Waals surface area (Å²) in [5.41, 5.74) is 1.49. The first-order valence-corrected chi connectivity index (χ1v) is 11.1. The SMILES string of the molecule is Cc1cc(C(=O)NC(CN2CCCC2=O)c2cccc(C(F)(F)F)c2)c(C)n1Cc1ccco1. The first-order chi connectivity index (χ1) is 16.1. The molecule has 6 nitrogen and oxygen atoms in total. The van der Waals surface area contributed by atoms with Crippen molar-refractivity contribution in [1.82, 2.24) is 14.8 Å². The van der Waals surface area contributed by atoms with E-state index in [1.54, 1.807) is 29.4 Å². The van der Waals surface area contributed by atoms with Gasteiger partial charge >= 0.3 is 6.18 Å². The summed E-state index contributed by atoms with van der Waals surface area (Å²) in [5, 5.41) is 2.88. The molecule has 180 valence electrons. The minimum atomic E-state index is -4.51. The number of alkyl halides is 3. The summed E-state index contributed by atoms with van der Waals surface area (Å²) in [4.78, 5) is 27.1. The normalized spacial score (nSPS) is 15.1. The fourth-order valence-electron chi connectivity index (χ4n) is 4.35. The minimum absolute atomic E-state index is 0.0668. The van der Waals surface area contributed by atoms with Crippen molar-refractivity contribution in [2.45, 2.75) is 45.5 Å². The highest BCUT2D eigenvalue weighted by molar-refractivity contribution is 5.96. The molecule has 0 radical (unpaired) electrons. The van der Waals surface area contributed by atoms with Gasteiger partial charge in [0.15, 0.2) is 0 Å². The van der Waals surface area contributed by atoms with Gasteiger partial charge in [0.2, 0.25) is 5.91 Å². The maximum Gasteiger partial charge on any atom is 0.416 e. The van der Waals surface area contributed by atoms with E-state index in [1.165, 1.54) is 6.07 Å². The number of aryl methyl sites for hydroxylation is 1. The molecule has 1 unspecified atom stereocenters. The first kappa shape index (κ1) is 23.7. The second-order valence-electron chi connectivity index (χ2n) is 8.54. The van der Waals surface area contributed by atoms with Gasteiger partial charge in [-0.25, -0.2) is 0 Å². The average Bonchev–Trinajstić information content (AvgIpc) is 3.51. The third-order valence-electron chi connectivity index (χ3n) is 6.21. The Hall–Kier alpha value is -3.49. The van der Waals surface area contributed by atoms with Crippen LogP contribution in [0.2, 0.25) is 0 Å². The number of carbonyl (C=O) groups excluding carboxylic acids is 2. The van der Waals surface area contributed by atoms with E-state index >= 15 is 0 Å². The van der Waals surface area contributed by atoms with Crippen LogP contribution in [0.1, 0.15) is 57.5 Å². The molecule has 1 fully saturated rings. The van der Waals surface area contributed by atoms with Crippen LogP contribution in [0.15, 0.2) is 53.1 Å². The van der Waals surface area contributed by atoms with Crippen molar-refractivity contribution in [3.63, 3.8) is 0 Å². The van der Waals surface area contributed by atoms with Crippen LogP contribution < -0.4 is 5.32 Å². The fraction of sp³-hybridized carbons (Fsp3) is 0.360. The number of amides is 2. The lowest BCUT2D eigenvalue weighted by molar-refractivity contribution is -0.137. The Labute approximate surface area is 195 Å². The van der Waals surface area contributed by atoms with E-state index in [0.717, 1.165) is 23.6 Å². The van der Waals surface area contributed by atoms with Crippen molar-refractivity contribution in [2.24, 2.45) is 0 Å². The van der Waals surface area contributed by atoms with Gasteiger partial charge in [-0.3, -0.25) is 9.59 Å². The fourth-order valence-corrected chi connectivity index (χ4v) is 4.35. The number of rotatable bonds is 7. The van der Waals surface area contributed by atoms with E-state index in [0.29, 0.717) is 42.8 Å². The predicted octanol–water partition coefficient (Wildman–Crippen LogP) is 4.86. The molecule has 0 spiro atoms. The van der Waals surface area contributed by atoms with E-state index in [-0.39, 0.29) is 12.5 Å². The summed E-state index contributed by atoms with van der Waals surface area (Å²) < 4.78 is 47.3. The van der Waals surface area contributed by atoms with E-state index < -0.39 is 23.7 Å². The molecule has 3 heterocycles. The van der Waals surface area contributed by atoms with Crippen molar-refractivity contribution in [3.05, 3.63) is 82.6 Å². The van der Waals surface area contributed by atoms with Crippen LogP contribution in [0.3, 0.4) is 0 Å². The largest absolute Gasteiger partial charge is 0.467 e. The molecule has 34 heavy (non-hydrogen) atoms. The summed E-state index contributed by atoms with van der Waals surface area (Å²) in [6.07, 6.45) is -1.84. The molecule has 1 atom stereocenters. The molecule has 2 aromatic heterocycles. The van der Waals surface area contributed by atoms with Gasteiger partial charge < -0.3 is 19.2 Å². The Morgan fingerprint density at radius 2 is 1.97 bits per heavy atom. The zero-order valence-corrected chi connectivity index (χ0v) is 19.0. The van der Waals surface area contributed by atoms with Gasteiger partial charge in [0.1, 0.15) is 5.76 Å². The molecular formula is C25H26F3N3O3. The van der Waals surface area contributed by atoms with Crippen molar-refractivity contribution < 1.29 is 27.2 Å². The maximum atomic E-state index is 13.3. The van der Waals surface area contributed by atoms with Gasteiger partial charge in [-0.05, 0) is 56.2 Å². The molecule has 1 aliphatic heterocycles. The highest BCUT2D eigenvalue weighted by Gasteiger charge is 2.32. The van der Waals surface area contributed by atoms with Crippen molar-refractivity contribution in [2.75, 3.05) is 13.1 Å². The van der Waals surface area contributed by atoms with Gasteiger partial charge in [0.05, 0.1) is 30.0 Å². The molecular weight excluding hydrogens is 447 g/mol. The number of likely N-dealkylation sites (tertiary alicyclic amines) is 1. The number of furan rings is 1. The van der Waals surface area contributed by atoms with Crippen LogP contribution >= 0.6 is 0 Å². The lowest BCUT2D eigenvalue weighted by atomic mass is 10.0. The Bertz CT molecular complexity index is 1180. The number of hydrogen-bond donors (Lipinski definition) is 1. The lowest BCUT2D eigenvalue weighted by Gasteiger charge is -2.26. The molecule has 2 amide bonds. The Morgan fingerprint density at radius 1 is 1.18 bits per heavy atom. The topological polar surface area (TPSA) is 67.5 Å². The Morgan fingerprint density at radius 3 is 2.62 bits per heavy atom. The van der Waals surface area contributed by atoms with Crippen LogP contribution in [-0.4, -0.2) is 34.4 Å². The zero-order chi connectivity index (χ0) is 24.5. The number of carbonyl (C=O) groups is 2. The summed E-state index contributed by atoms with van der Waals surface area (Å²) in [6.45, 7) is 4.77. The van der Waals surface area contributed by atoms with E-state index in [9.17, 15) is 22.8 Å². The Kier molecular flexibility index (Phi) is 6.54. The molecule has 1 N–H and O–H groups in total. The van der Waals surface area contributed by atoms with E-state index in [2.05, 4.69) is 5.32 Å². The third-order valence-corrected chi connectivity index (χ3v) is 6.21.